The number of nitrogens with zero attached hydrogens (tertiary/aromatic N) is 3. The van der Waals surface area contributed by atoms with E-state index in [2.05, 4.69) is 4.98 Å². The first-order valence-electron chi connectivity index (χ1n) is 8.40. The van der Waals surface area contributed by atoms with Gasteiger partial charge in [-0.3, -0.25) is 9.78 Å². The van der Waals surface area contributed by atoms with Crippen LogP contribution in [-0.4, -0.2) is 54.7 Å². The number of aromatic nitrogens is 1. The van der Waals surface area contributed by atoms with Crippen LogP contribution in [0.1, 0.15) is 24.4 Å². The van der Waals surface area contributed by atoms with Crippen molar-refractivity contribution in [2.75, 3.05) is 26.2 Å². The molecule has 0 aliphatic carbocycles. The normalized spacial score (nSPS) is 22.9. The van der Waals surface area contributed by atoms with Crippen LogP contribution >= 0.6 is 0 Å². The minimum Gasteiger partial charge on any atom is -0.340 e. The summed E-state index contributed by atoms with van der Waals surface area (Å²) in [7, 11) is -3.55. The molecule has 1 atom stereocenters. The van der Waals surface area contributed by atoms with Crippen molar-refractivity contribution in [3.63, 3.8) is 0 Å². The lowest BCUT2D eigenvalue weighted by Gasteiger charge is -2.32. The first kappa shape index (κ1) is 16.4. The fraction of sp³-hybridized carbons (Fsp3) is 0.412. The minimum atomic E-state index is -3.55. The van der Waals surface area contributed by atoms with Crippen molar-refractivity contribution in [1.82, 2.24) is 14.2 Å². The van der Waals surface area contributed by atoms with E-state index in [1.165, 1.54) is 0 Å². The van der Waals surface area contributed by atoms with Crippen LogP contribution in [-0.2, 0) is 14.8 Å². The first-order chi connectivity index (χ1) is 12.0. The Hall–Kier alpha value is -2.03. The summed E-state index contributed by atoms with van der Waals surface area (Å²) in [5.74, 6) is -0.143. The minimum absolute atomic E-state index is 0.0615. The maximum absolute atomic E-state index is 13.1. The van der Waals surface area contributed by atoms with Crippen molar-refractivity contribution in [3.05, 3.63) is 36.2 Å². The molecule has 0 bridgehead atoms. The third-order valence-electron chi connectivity index (χ3n) is 5.04. The summed E-state index contributed by atoms with van der Waals surface area (Å²) in [5, 5.41) is 1.75. The van der Waals surface area contributed by atoms with Gasteiger partial charge in [-0.25, -0.2) is 8.42 Å². The van der Waals surface area contributed by atoms with Crippen LogP contribution in [0.5, 0.6) is 0 Å². The van der Waals surface area contributed by atoms with Gasteiger partial charge in [0, 0.05) is 37.4 Å². The molecule has 2 N–H and O–H groups in total. The van der Waals surface area contributed by atoms with Gasteiger partial charge in [-0.05, 0) is 42.0 Å². The van der Waals surface area contributed by atoms with Crippen LogP contribution < -0.4 is 5.73 Å². The molecule has 4 rings (SSSR count). The van der Waals surface area contributed by atoms with Crippen LogP contribution in [0.15, 0.2) is 35.5 Å². The van der Waals surface area contributed by atoms with E-state index in [0.717, 1.165) is 29.2 Å². The summed E-state index contributed by atoms with van der Waals surface area (Å²) in [5.41, 5.74) is 6.27. The van der Waals surface area contributed by atoms with Crippen molar-refractivity contribution in [1.29, 1.82) is 0 Å². The number of benzene rings is 1. The molecule has 1 saturated heterocycles. The summed E-state index contributed by atoms with van der Waals surface area (Å²) in [6.07, 6.45) is 4.88. The number of carbonyl (C=O) groups is 1. The van der Waals surface area contributed by atoms with E-state index >= 15 is 0 Å². The number of pyridine rings is 1. The van der Waals surface area contributed by atoms with Gasteiger partial charge in [-0.1, -0.05) is 0 Å². The lowest BCUT2D eigenvalue weighted by atomic mass is 10.0. The van der Waals surface area contributed by atoms with Gasteiger partial charge in [0.05, 0.1) is 17.5 Å². The molecule has 1 amide bonds. The van der Waals surface area contributed by atoms with Crippen LogP contribution in [0.3, 0.4) is 0 Å². The summed E-state index contributed by atoms with van der Waals surface area (Å²) in [6, 6.07) is 5.07. The van der Waals surface area contributed by atoms with Crippen LogP contribution in [0.25, 0.3) is 10.8 Å². The predicted octanol–water partition coefficient (Wildman–Crippen LogP) is 0.861. The molecule has 8 heteroatoms. The van der Waals surface area contributed by atoms with E-state index in [0.29, 0.717) is 24.5 Å². The molecule has 0 radical (unpaired) electrons. The third-order valence-corrected chi connectivity index (χ3v) is 7.00. The van der Waals surface area contributed by atoms with E-state index in [1.54, 1.807) is 27.7 Å². The number of hydrogen-bond acceptors (Lipinski definition) is 5. The predicted molar refractivity (Wildman–Crippen MR) is 93.2 cm³/mol. The van der Waals surface area contributed by atoms with Gasteiger partial charge in [-0.2, -0.15) is 4.31 Å². The molecule has 0 spiro atoms. The van der Waals surface area contributed by atoms with Crippen LogP contribution in [0.4, 0.5) is 0 Å². The third kappa shape index (κ3) is 2.61. The van der Waals surface area contributed by atoms with E-state index < -0.39 is 10.0 Å². The molecule has 2 aromatic rings. The lowest BCUT2D eigenvalue weighted by Crippen LogP contribution is -2.44. The van der Waals surface area contributed by atoms with E-state index in [-0.39, 0.29) is 18.5 Å². The van der Waals surface area contributed by atoms with E-state index in [4.69, 9.17) is 5.73 Å². The molecule has 0 unspecified atom stereocenters. The second-order valence-corrected chi connectivity index (χ2v) is 8.35. The maximum Gasteiger partial charge on any atom is 0.244 e. The Balaban J connectivity index is 1.85. The Labute approximate surface area is 146 Å². The molecule has 2 aliphatic heterocycles. The fourth-order valence-corrected chi connectivity index (χ4v) is 5.66. The van der Waals surface area contributed by atoms with Gasteiger partial charge in [-0.15, -0.1) is 0 Å². The summed E-state index contributed by atoms with van der Waals surface area (Å²) in [4.78, 5) is 18.3. The molecule has 1 fully saturated rings. The quantitative estimate of drug-likeness (QED) is 0.814. The fourth-order valence-electron chi connectivity index (χ4n) is 3.76. The van der Waals surface area contributed by atoms with Crippen molar-refractivity contribution in [3.8, 4) is 0 Å². The first-order valence-corrected chi connectivity index (χ1v) is 9.84. The van der Waals surface area contributed by atoms with Crippen molar-refractivity contribution in [2.45, 2.75) is 23.8 Å². The molecule has 2 aliphatic rings. The Bertz CT molecular complexity index is 944. The number of nitrogens with two attached hydrogens (primary N) is 1. The highest BCUT2D eigenvalue weighted by Gasteiger charge is 2.44. The molecular weight excluding hydrogens is 340 g/mol. The van der Waals surface area contributed by atoms with Crippen LogP contribution in [0, 0.1) is 0 Å². The maximum atomic E-state index is 13.1. The van der Waals surface area contributed by atoms with Crippen molar-refractivity contribution < 1.29 is 13.2 Å². The average molecular weight is 360 g/mol. The lowest BCUT2D eigenvalue weighted by molar-refractivity contribution is -0.130. The molecular formula is C17H20N4O3S. The highest BCUT2D eigenvalue weighted by Crippen LogP contribution is 2.42. The average Bonchev–Trinajstić information content (AvgIpc) is 2.78. The molecule has 132 valence electrons. The Morgan fingerprint density at radius 1 is 1.24 bits per heavy atom. The summed E-state index contributed by atoms with van der Waals surface area (Å²) >= 11 is 0. The zero-order valence-corrected chi connectivity index (χ0v) is 14.6. The standard InChI is InChI=1S/C17H20N4O3S/c18-9-17(22)20-5-1-2-6-21-15(11-20)14-7-13-10-19-4-3-12(13)8-16(14)25(21,23)24/h3-4,7-8,10,15H,1-2,5-6,9,11,18H2/t15-/m0/s1. The Kier molecular flexibility index (Phi) is 3.98. The van der Waals surface area contributed by atoms with Crippen molar-refractivity contribution in [2.24, 2.45) is 5.73 Å². The summed E-state index contributed by atoms with van der Waals surface area (Å²) in [6.45, 7) is 1.37. The number of hydrogen-bond donors (Lipinski definition) is 1. The smallest absolute Gasteiger partial charge is 0.244 e. The number of carbonyl (C=O) groups excluding carboxylic acids is 1. The van der Waals surface area contributed by atoms with Gasteiger partial charge >= 0.3 is 0 Å². The van der Waals surface area contributed by atoms with Crippen LogP contribution in [0.2, 0.25) is 0 Å². The number of fused-ring (bicyclic) bond motifs is 4. The van der Waals surface area contributed by atoms with Gasteiger partial charge in [0.15, 0.2) is 0 Å². The van der Waals surface area contributed by atoms with E-state index in [1.807, 2.05) is 12.1 Å². The Morgan fingerprint density at radius 2 is 2.04 bits per heavy atom. The molecule has 1 aromatic heterocycles. The second kappa shape index (κ2) is 6.05. The van der Waals surface area contributed by atoms with Gasteiger partial charge < -0.3 is 10.6 Å². The van der Waals surface area contributed by atoms with Gasteiger partial charge in [0.25, 0.3) is 0 Å². The highest BCUT2D eigenvalue weighted by atomic mass is 32.2. The van der Waals surface area contributed by atoms with E-state index in [9.17, 15) is 13.2 Å². The van der Waals surface area contributed by atoms with Gasteiger partial charge in [0.1, 0.15) is 0 Å². The Morgan fingerprint density at radius 3 is 2.84 bits per heavy atom. The molecule has 1 aromatic carbocycles. The van der Waals surface area contributed by atoms with Gasteiger partial charge in [0.2, 0.25) is 15.9 Å². The number of rotatable bonds is 1. The number of sulfonamides is 1. The molecule has 7 nitrogen and oxygen atoms in total. The molecule has 25 heavy (non-hydrogen) atoms. The molecule has 3 heterocycles. The largest absolute Gasteiger partial charge is 0.340 e. The summed E-state index contributed by atoms with van der Waals surface area (Å²) < 4.78 is 27.7. The zero-order valence-electron chi connectivity index (χ0n) is 13.8. The topological polar surface area (TPSA) is 96.6 Å². The SMILES string of the molecule is NCC(=O)N1CCCCN2[C@@H](C1)c1cc3cnccc3cc1S2(=O)=O. The monoisotopic (exact) mass is 360 g/mol. The highest BCUT2D eigenvalue weighted by molar-refractivity contribution is 7.89. The van der Waals surface area contributed by atoms with Crippen molar-refractivity contribution >= 4 is 26.7 Å². The second-order valence-electron chi connectivity index (χ2n) is 6.50. The molecule has 0 saturated carbocycles. The number of amides is 1. The zero-order chi connectivity index (χ0) is 17.6.